The minimum absolute atomic E-state index is 0.0536. The average Bonchev–Trinajstić information content (AvgIpc) is 2.43. The Bertz CT molecular complexity index is 668. The van der Waals surface area contributed by atoms with E-state index in [1.807, 2.05) is 0 Å². The summed E-state index contributed by atoms with van der Waals surface area (Å²) in [5.74, 6) is -0.992. The molecule has 1 aromatic heterocycles. The van der Waals surface area contributed by atoms with E-state index in [1.54, 1.807) is 25.3 Å². The summed E-state index contributed by atoms with van der Waals surface area (Å²) in [7, 11) is 0. The second-order valence-corrected chi connectivity index (χ2v) is 4.79. The minimum Gasteiger partial charge on any atom is -0.507 e. The summed E-state index contributed by atoms with van der Waals surface area (Å²) < 4.78 is 0. The molecule has 1 aromatic carbocycles. The van der Waals surface area contributed by atoms with E-state index < -0.39 is 5.78 Å². The standard InChI is InChI=1S/C15H12ClNO3/c1-9-5-14(19)11(6-12(9)16)15(20)7-13(18)10-3-2-4-17-8-10/h2-6,8,19H,7H2,1H3. The smallest absolute Gasteiger partial charge is 0.174 e. The Labute approximate surface area is 121 Å². The van der Waals surface area contributed by atoms with Gasteiger partial charge in [-0.05, 0) is 36.8 Å². The van der Waals surface area contributed by atoms with Crippen LogP contribution in [-0.2, 0) is 0 Å². The van der Waals surface area contributed by atoms with Crippen molar-refractivity contribution in [1.29, 1.82) is 0 Å². The summed E-state index contributed by atoms with van der Waals surface area (Å²) in [5.41, 5.74) is 1.08. The molecule has 0 bridgehead atoms. The first kappa shape index (κ1) is 14.2. The molecule has 102 valence electrons. The highest BCUT2D eigenvalue weighted by Crippen LogP contribution is 2.26. The summed E-state index contributed by atoms with van der Waals surface area (Å²) in [5, 5.41) is 10.1. The maximum absolute atomic E-state index is 12.1. The summed E-state index contributed by atoms with van der Waals surface area (Å²) in [4.78, 5) is 27.8. The Hall–Kier alpha value is -2.20. The number of aromatic hydroxyl groups is 1. The highest BCUT2D eigenvalue weighted by molar-refractivity contribution is 6.32. The van der Waals surface area contributed by atoms with Gasteiger partial charge in [-0.25, -0.2) is 0 Å². The third kappa shape index (κ3) is 3.03. The van der Waals surface area contributed by atoms with Gasteiger partial charge in [0.05, 0.1) is 12.0 Å². The van der Waals surface area contributed by atoms with Crippen molar-refractivity contribution in [2.75, 3.05) is 0 Å². The monoisotopic (exact) mass is 289 g/mol. The molecule has 0 aliphatic carbocycles. The number of phenols is 1. The predicted octanol–water partition coefficient (Wildman–Crippen LogP) is 3.20. The van der Waals surface area contributed by atoms with E-state index in [1.165, 1.54) is 18.3 Å². The first-order chi connectivity index (χ1) is 9.49. The summed E-state index contributed by atoms with van der Waals surface area (Å²) in [6, 6.07) is 6.00. The van der Waals surface area contributed by atoms with Crippen molar-refractivity contribution in [2.45, 2.75) is 13.3 Å². The zero-order valence-corrected chi connectivity index (χ0v) is 11.5. The zero-order valence-electron chi connectivity index (χ0n) is 10.8. The van der Waals surface area contributed by atoms with Crippen LogP contribution in [0.4, 0.5) is 0 Å². The normalized spacial score (nSPS) is 10.3. The van der Waals surface area contributed by atoms with E-state index in [0.717, 1.165) is 0 Å². The van der Waals surface area contributed by atoms with E-state index in [-0.39, 0.29) is 23.5 Å². The van der Waals surface area contributed by atoms with E-state index in [4.69, 9.17) is 11.6 Å². The van der Waals surface area contributed by atoms with Crippen molar-refractivity contribution in [3.8, 4) is 5.75 Å². The van der Waals surface area contributed by atoms with Gasteiger partial charge >= 0.3 is 0 Å². The lowest BCUT2D eigenvalue weighted by atomic mass is 10.0. The van der Waals surface area contributed by atoms with Crippen molar-refractivity contribution >= 4 is 23.2 Å². The molecule has 0 aliphatic heterocycles. The Morgan fingerprint density at radius 3 is 2.70 bits per heavy atom. The fourth-order valence-electron chi connectivity index (χ4n) is 1.76. The number of nitrogens with zero attached hydrogens (tertiary/aromatic N) is 1. The number of aromatic nitrogens is 1. The van der Waals surface area contributed by atoms with Crippen molar-refractivity contribution in [1.82, 2.24) is 4.98 Å². The van der Waals surface area contributed by atoms with Crippen molar-refractivity contribution < 1.29 is 14.7 Å². The number of ketones is 2. The van der Waals surface area contributed by atoms with Gasteiger partial charge in [-0.2, -0.15) is 0 Å². The number of halogens is 1. The lowest BCUT2D eigenvalue weighted by molar-refractivity contribution is 0.0893. The van der Waals surface area contributed by atoms with Crippen LogP contribution >= 0.6 is 11.6 Å². The fourth-order valence-corrected chi connectivity index (χ4v) is 1.92. The lowest BCUT2D eigenvalue weighted by Gasteiger charge is -2.06. The third-order valence-electron chi connectivity index (χ3n) is 2.88. The predicted molar refractivity (Wildman–Crippen MR) is 75.4 cm³/mol. The number of hydrogen-bond donors (Lipinski definition) is 1. The molecular weight excluding hydrogens is 278 g/mol. The van der Waals surface area contributed by atoms with E-state index in [9.17, 15) is 14.7 Å². The number of rotatable bonds is 4. The fraction of sp³-hybridized carbons (Fsp3) is 0.133. The van der Waals surface area contributed by atoms with Crippen LogP contribution in [-0.4, -0.2) is 21.7 Å². The molecule has 2 aromatic rings. The van der Waals surface area contributed by atoms with Crippen molar-refractivity contribution in [3.63, 3.8) is 0 Å². The summed E-state index contributed by atoms with van der Waals surface area (Å²) >= 11 is 5.93. The maximum Gasteiger partial charge on any atom is 0.174 e. The van der Waals surface area contributed by atoms with Crippen LogP contribution in [0.3, 0.4) is 0 Å². The number of carbonyl (C=O) groups excluding carboxylic acids is 2. The average molecular weight is 290 g/mol. The second kappa shape index (κ2) is 5.84. The molecule has 0 fully saturated rings. The molecule has 1 N–H and O–H groups in total. The van der Waals surface area contributed by atoms with Crippen LogP contribution < -0.4 is 0 Å². The van der Waals surface area contributed by atoms with Gasteiger partial charge in [0.1, 0.15) is 5.75 Å². The van der Waals surface area contributed by atoms with E-state index in [0.29, 0.717) is 16.1 Å². The van der Waals surface area contributed by atoms with Gasteiger partial charge in [0, 0.05) is 23.0 Å². The number of pyridine rings is 1. The number of hydrogen-bond acceptors (Lipinski definition) is 4. The van der Waals surface area contributed by atoms with E-state index >= 15 is 0 Å². The molecule has 0 radical (unpaired) electrons. The van der Waals surface area contributed by atoms with Crippen LogP contribution in [0, 0.1) is 6.92 Å². The molecule has 0 atom stereocenters. The second-order valence-electron chi connectivity index (χ2n) is 4.38. The van der Waals surface area contributed by atoms with Gasteiger partial charge in [-0.3, -0.25) is 14.6 Å². The van der Waals surface area contributed by atoms with Gasteiger partial charge in [0.25, 0.3) is 0 Å². The zero-order chi connectivity index (χ0) is 14.7. The van der Waals surface area contributed by atoms with Gasteiger partial charge in [-0.1, -0.05) is 11.6 Å². The Morgan fingerprint density at radius 2 is 2.05 bits per heavy atom. The van der Waals surface area contributed by atoms with E-state index in [2.05, 4.69) is 4.98 Å². The highest BCUT2D eigenvalue weighted by atomic mass is 35.5. The molecule has 0 unspecified atom stereocenters. The number of aryl methyl sites for hydroxylation is 1. The van der Waals surface area contributed by atoms with Gasteiger partial charge in [0.15, 0.2) is 11.6 Å². The Balaban J connectivity index is 2.21. The number of Topliss-reactive ketones (excluding diaryl/α,β-unsaturated/α-hetero) is 2. The topological polar surface area (TPSA) is 67.3 Å². The quantitative estimate of drug-likeness (QED) is 0.693. The Kier molecular flexibility index (Phi) is 4.15. The van der Waals surface area contributed by atoms with Crippen LogP contribution in [0.25, 0.3) is 0 Å². The number of carbonyl (C=O) groups is 2. The van der Waals surface area contributed by atoms with Crippen LogP contribution in [0.15, 0.2) is 36.7 Å². The SMILES string of the molecule is Cc1cc(O)c(C(=O)CC(=O)c2cccnc2)cc1Cl. The molecule has 20 heavy (non-hydrogen) atoms. The summed E-state index contributed by atoms with van der Waals surface area (Å²) in [6.07, 6.45) is 2.61. The van der Waals surface area contributed by atoms with Gasteiger partial charge < -0.3 is 5.11 Å². The minimum atomic E-state index is -0.474. The maximum atomic E-state index is 12.1. The first-order valence-electron chi connectivity index (χ1n) is 5.94. The molecular formula is C15H12ClNO3. The molecule has 0 saturated carbocycles. The first-order valence-corrected chi connectivity index (χ1v) is 6.32. The molecule has 1 heterocycles. The number of phenolic OH excluding ortho intramolecular Hbond substituents is 1. The molecule has 0 aliphatic rings. The van der Waals surface area contributed by atoms with Gasteiger partial charge in [-0.15, -0.1) is 0 Å². The molecule has 4 nitrogen and oxygen atoms in total. The molecule has 2 rings (SSSR count). The number of benzene rings is 1. The van der Waals surface area contributed by atoms with Crippen molar-refractivity contribution in [2.24, 2.45) is 0 Å². The molecule has 0 saturated heterocycles. The van der Waals surface area contributed by atoms with Crippen LogP contribution in [0.2, 0.25) is 5.02 Å². The van der Waals surface area contributed by atoms with Crippen LogP contribution in [0.5, 0.6) is 5.75 Å². The largest absolute Gasteiger partial charge is 0.507 e. The molecule has 5 heteroatoms. The Morgan fingerprint density at radius 1 is 1.30 bits per heavy atom. The molecule has 0 amide bonds. The van der Waals surface area contributed by atoms with Crippen molar-refractivity contribution in [3.05, 3.63) is 58.4 Å². The lowest BCUT2D eigenvalue weighted by Crippen LogP contribution is -2.09. The van der Waals surface area contributed by atoms with Crippen LogP contribution in [0.1, 0.15) is 32.7 Å². The van der Waals surface area contributed by atoms with Gasteiger partial charge in [0.2, 0.25) is 0 Å². The summed E-state index contributed by atoms with van der Waals surface area (Å²) in [6.45, 7) is 1.72. The third-order valence-corrected chi connectivity index (χ3v) is 3.29. The highest BCUT2D eigenvalue weighted by Gasteiger charge is 2.18. The molecule has 0 spiro atoms.